The number of primary amides is 1. The Balaban J connectivity index is 1.27. The number of aromatic nitrogens is 1. The molecule has 2 bridgehead atoms. The predicted octanol–water partition coefficient (Wildman–Crippen LogP) is 2.64. The summed E-state index contributed by atoms with van der Waals surface area (Å²) < 4.78 is 7.19. The maximum atomic E-state index is 13.3. The second-order valence-corrected chi connectivity index (χ2v) is 9.62. The van der Waals surface area contributed by atoms with Gasteiger partial charge in [-0.25, -0.2) is 4.98 Å². The highest BCUT2D eigenvalue weighted by Crippen LogP contribution is 2.49. The number of para-hydroxylation sites is 2. The summed E-state index contributed by atoms with van der Waals surface area (Å²) in [5.41, 5.74) is 6.42. The molecular formula is C24H24N4O4S. The van der Waals surface area contributed by atoms with E-state index in [1.165, 1.54) is 11.3 Å². The van der Waals surface area contributed by atoms with Crippen LogP contribution in [0.15, 0.2) is 48.5 Å². The molecule has 33 heavy (non-hydrogen) atoms. The van der Waals surface area contributed by atoms with Gasteiger partial charge in [-0.1, -0.05) is 30.3 Å². The number of fused-ring (bicyclic) bond motifs is 5. The molecule has 1 aromatic heterocycles. The highest BCUT2D eigenvalue weighted by molar-refractivity contribution is 7.20. The van der Waals surface area contributed by atoms with Crippen LogP contribution in [0.1, 0.15) is 41.0 Å². The molecule has 0 aliphatic carbocycles. The smallest absolute Gasteiger partial charge is 0.280 e. The van der Waals surface area contributed by atoms with Gasteiger partial charge in [-0.3, -0.25) is 14.4 Å². The van der Waals surface area contributed by atoms with E-state index in [2.05, 4.69) is 10.3 Å². The molecule has 2 aliphatic rings. The Morgan fingerprint density at radius 2 is 2.00 bits per heavy atom. The minimum Gasteiger partial charge on any atom is -0.468 e. The van der Waals surface area contributed by atoms with E-state index in [1.54, 1.807) is 4.90 Å². The van der Waals surface area contributed by atoms with Crippen molar-refractivity contribution in [2.24, 2.45) is 11.7 Å². The van der Waals surface area contributed by atoms with Gasteiger partial charge in [-0.05, 0) is 37.1 Å². The van der Waals surface area contributed by atoms with Gasteiger partial charge < -0.3 is 20.7 Å². The molecule has 8 nitrogen and oxygen atoms in total. The Labute approximate surface area is 194 Å². The predicted molar refractivity (Wildman–Crippen MR) is 124 cm³/mol. The van der Waals surface area contributed by atoms with E-state index in [9.17, 15) is 14.4 Å². The number of thiazole rings is 1. The number of ether oxygens (including phenoxy) is 1. The maximum Gasteiger partial charge on any atom is 0.280 e. The fourth-order valence-electron chi connectivity index (χ4n) is 4.86. The molecule has 2 aromatic carbocycles. The number of piperidine rings is 1. The fraction of sp³-hybridized carbons (Fsp3) is 0.333. The van der Waals surface area contributed by atoms with E-state index in [1.807, 2.05) is 55.5 Å². The summed E-state index contributed by atoms with van der Waals surface area (Å²) in [6, 6.07) is 15.1. The van der Waals surface area contributed by atoms with Crippen LogP contribution in [-0.2, 0) is 9.59 Å². The van der Waals surface area contributed by atoms with Gasteiger partial charge in [0.25, 0.3) is 5.91 Å². The van der Waals surface area contributed by atoms with Crippen molar-refractivity contribution in [3.63, 3.8) is 0 Å². The van der Waals surface area contributed by atoms with Crippen molar-refractivity contribution in [2.45, 2.75) is 31.4 Å². The molecule has 3 N–H and O–H groups in total. The summed E-state index contributed by atoms with van der Waals surface area (Å²) >= 11 is 1.34. The molecule has 3 heterocycles. The van der Waals surface area contributed by atoms with Gasteiger partial charge in [-0.2, -0.15) is 0 Å². The lowest BCUT2D eigenvalue weighted by Crippen LogP contribution is -2.64. The molecule has 170 valence electrons. The van der Waals surface area contributed by atoms with Gasteiger partial charge in [0.1, 0.15) is 11.7 Å². The number of hydrogen-bond acceptors (Lipinski definition) is 6. The first-order valence-corrected chi connectivity index (χ1v) is 11.7. The van der Waals surface area contributed by atoms with E-state index >= 15 is 0 Å². The van der Waals surface area contributed by atoms with Crippen molar-refractivity contribution in [2.75, 3.05) is 13.1 Å². The SMILES string of the molecule is CC12CC(c3ccccc3O1)C(C(N)=O)C(=O)N2CCCNC(=O)c1nc2ccccc2s1. The third-order valence-corrected chi connectivity index (χ3v) is 7.43. The molecule has 5 rings (SSSR count). The lowest BCUT2D eigenvalue weighted by atomic mass is 9.73. The highest BCUT2D eigenvalue weighted by atomic mass is 32.1. The number of likely N-dealkylation sites (tertiary alicyclic amines) is 1. The van der Waals surface area contributed by atoms with E-state index in [4.69, 9.17) is 10.5 Å². The normalized spacial score (nSPS) is 23.7. The van der Waals surface area contributed by atoms with Crippen molar-refractivity contribution in [3.8, 4) is 5.75 Å². The van der Waals surface area contributed by atoms with E-state index in [0.717, 1.165) is 15.8 Å². The van der Waals surface area contributed by atoms with Crippen LogP contribution >= 0.6 is 11.3 Å². The third kappa shape index (κ3) is 3.72. The van der Waals surface area contributed by atoms with Crippen molar-refractivity contribution < 1.29 is 19.1 Å². The number of amides is 3. The second-order valence-electron chi connectivity index (χ2n) is 8.59. The lowest BCUT2D eigenvalue weighted by Gasteiger charge is -2.52. The van der Waals surface area contributed by atoms with Crippen LogP contribution in [0.5, 0.6) is 5.75 Å². The first kappa shape index (κ1) is 21.4. The summed E-state index contributed by atoms with van der Waals surface area (Å²) in [6.07, 6.45) is 0.987. The van der Waals surface area contributed by atoms with Crippen LogP contribution in [-0.4, -0.2) is 46.4 Å². The first-order chi connectivity index (χ1) is 15.9. The van der Waals surface area contributed by atoms with Gasteiger partial charge in [-0.15, -0.1) is 11.3 Å². The van der Waals surface area contributed by atoms with E-state index in [-0.39, 0.29) is 17.7 Å². The van der Waals surface area contributed by atoms with Gasteiger partial charge in [0.05, 0.1) is 10.2 Å². The topological polar surface area (TPSA) is 115 Å². The Hall–Kier alpha value is -3.46. The van der Waals surface area contributed by atoms with Crippen LogP contribution in [0.2, 0.25) is 0 Å². The summed E-state index contributed by atoms with van der Waals surface area (Å²) in [4.78, 5) is 44.0. The zero-order chi connectivity index (χ0) is 23.2. The number of nitrogens with one attached hydrogen (secondary N) is 1. The molecule has 1 fully saturated rings. The minimum absolute atomic E-state index is 0.245. The molecule has 0 radical (unpaired) electrons. The van der Waals surface area contributed by atoms with E-state index in [0.29, 0.717) is 36.7 Å². The quantitative estimate of drug-likeness (QED) is 0.430. The van der Waals surface area contributed by atoms with Gasteiger partial charge >= 0.3 is 0 Å². The molecular weight excluding hydrogens is 440 g/mol. The zero-order valence-corrected chi connectivity index (χ0v) is 18.9. The molecule has 9 heteroatoms. The largest absolute Gasteiger partial charge is 0.468 e. The fourth-order valence-corrected chi connectivity index (χ4v) is 5.74. The lowest BCUT2D eigenvalue weighted by molar-refractivity contribution is -0.175. The number of benzene rings is 2. The number of carbonyl (C=O) groups excluding carboxylic acids is 3. The standard InChI is InChI=1S/C24H24N4O4S/c1-24-13-15(14-7-2-4-9-17(14)32-24)19(20(25)29)23(31)28(24)12-6-11-26-21(30)22-27-16-8-3-5-10-18(16)33-22/h2-5,7-10,15,19H,6,11-13H2,1H3,(H2,25,29)(H,26,30). The summed E-state index contributed by atoms with van der Waals surface area (Å²) in [5, 5.41) is 3.27. The van der Waals surface area contributed by atoms with Crippen LogP contribution in [0.4, 0.5) is 0 Å². The number of hydrogen-bond donors (Lipinski definition) is 2. The van der Waals surface area contributed by atoms with Crippen LogP contribution in [0.25, 0.3) is 10.2 Å². The monoisotopic (exact) mass is 464 g/mol. The van der Waals surface area contributed by atoms with Crippen LogP contribution in [0.3, 0.4) is 0 Å². The Morgan fingerprint density at radius 1 is 1.24 bits per heavy atom. The van der Waals surface area contributed by atoms with Crippen LogP contribution in [0, 0.1) is 5.92 Å². The van der Waals surface area contributed by atoms with Gasteiger partial charge in [0.2, 0.25) is 11.8 Å². The number of rotatable bonds is 6. The third-order valence-electron chi connectivity index (χ3n) is 6.39. The number of carbonyl (C=O) groups is 3. The Morgan fingerprint density at radius 3 is 2.79 bits per heavy atom. The molecule has 3 aromatic rings. The van der Waals surface area contributed by atoms with Crippen molar-refractivity contribution in [1.29, 1.82) is 0 Å². The van der Waals surface area contributed by atoms with Crippen molar-refractivity contribution in [3.05, 3.63) is 59.1 Å². The second kappa shape index (κ2) is 8.15. The molecule has 3 unspecified atom stereocenters. The minimum atomic E-state index is -0.930. The average molecular weight is 465 g/mol. The first-order valence-electron chi connectivity index (χ1n) is 10.9. The van der Waals surface area contributed by atoms with Crippen molar-refractivity contribution >= 4 is 39.3 Å². The van der Waals surface area contributed by atoms with Crippen LogP contribution < -0.4 is 15.8 Å². The van der Waals surface area contributed by atoms with E-state index < -0.39 is 17.6 Å². The number of nitrogens with two attached hydrogens (primary N) is 1. The molecule has 3 amide bonds. The number of nitrogens with zero attached hydrogens (tertiary/aromatic N) is 2. The molecule has 2 aliphatic heterocycles. The Kier molecular flexibility index (Phi) is 5.28. The summed E-state index contributed by atoms with van der Waals surface area (Å²) in [5.74, 6) is -1.76. The zero-order valence-electron chi connectivity index (χ0n) is 18.1. The molecule has 0 spiro atoms. The summed E-state index contributed by atoms with van der Waals surface area (Å²) in [7, 11) is 0. The van der Waals surface area contributed by atoms with Gasteiger partial charge in [0.15, 0.2) is 10.7 Å². The maximum absolute atomic E-state index is 13.3. The molecule has 1 saturated heterocycles. The van der Waals surface area contributed by atoms with Crippen molar-refractivity contribution in [1.82, 2.24) is 15.2 Å². The molecule has 0 saturated carbocycles. The summed E-state index contributed by atoms with van der Waals surface area (Å²) in [6.45, 7) is 2.55. The average Bonchev–Trinajstić information content (AvgIpc) is 3.22. The molecule has 3 atom stereocenters. The Bertz CT molecular complexity index is 1220. The highest BCUT2D eigenvalue weighted by Gasteiger charge is 2.55. The van der Waals surface area contributed by atoms with Gasteiger partial charge in [0, 0.05) is 25.4 Å².